The minimum Gasteiger partial charge on any atom is -0.347 e. The van der Waals surface area contributed by atoms with Gasteiger partial charge in [-0.05, 0) is 13.0 Å². The largest absolute Gasteiger partial charge is 0.347 e. The van der Waals surface area contributed by atoms with E-state index in [0.29, 0.717) is 5.82 Å². The molecule has 1 saturated heterocycles. The van der Waals surface area contributed by atoms with Crippen LogP contribution in [0.25, 0.3) is 0 Å². The highest BCUT2D eigenvalue weighted by atomic mass is 16.2. The van der Waals surface area contributed by atoms with Crippen molar-refractivity contribution >= 4 is 5.91 Å². The van der Waals surface area contributed by atoms with Gasteiger partial charge < -0.3 is 10.6 Å². The number of amides is 1. The fraction of sp³-hybridized carbons (Fsp3) is 0.571. The Morgan fingerprint density at radius 1 is 1.64 bits per heavy atom. The topological polar surface area (TPSA) is 103 Å². The van der Waals surface area contributed by atoms with E-state index in [1.54, 1.807) is 0 Å². The van der Waals surface area contributed by atoms with Gasteiger partial charge in [0.25, 0.3) is 0 Å². The smallest absolute Gasteiger partial charge is 0.340 e. The summed E-state index contributed by atoms with van der Waals surface area (Å²) in [6, 6.07) is -0.0827. The van der Waals surface area contributed by atoms with Crippen LogP contribution < -0.4 is 16.3 Å². The first-order valence-corrected chi connectivity index (χ1v) is 4.40. The number of aromatic amines is 2. The fourth-order valence-corrected chi connectivity index (χ4v) is 1.20. The molecule has 7 heteroatoms. The lowest BCUT2D eigenvalue weighted by molar-refractivity contribution is -0.124. The molecule has 4 N–H and O–H groups in total. The predicted octanol–water partition coefficient (Wildman–Crippen LogP) is -1.92. The second-order valence-electron chi connectivity index (χ2n) is 3.14. The van der Waals surface area contributed by atoms with Crippen molar-refractivity contribution in [3.8, 4) is 0 Å². The zero-order chi connectivity index (χ0) is 9.97. The van der Waals surface area contributed by atoms with Crippen LogP contribution in [0.3, 0.4) is 0 Å². The van der Waals surface area contributed by atoms with E-state index < -0.39 is 0 Å². The summed E-state index contributed by atoms with van der Waals surface area (Å²) in [4.78, 5) is 24.4. The molecule has 1 amide bonds. The lowest BCUT2D eigenvalue weighted by Crippen LogP contribution is -2.53. The SMILES string of the molecule is O=C(NCc1n[nH]c(=O)[nH]1)[C@H]1CCN1. The highest BCUT2D eigenvalue weighted by Crippen LogP contribution is 2.01. The molecular formula is C7H11N5O2. The van der Waals surface area contributed by atoms with E-state index in [1.165, 1.54) is 0 Å². The molecule has 1 aliphatic rings. The Balaban J connectivity index is 1.81. The molecule has 7 nitrogen and oxygen atoms in total. The molecule has 1 aliphatic heterocycles. The van der Waals surface area contributed by atoms with E-state index in [2.05, 4.69) is 25.8 Å². The molecular weight excluding hydrogens is 186 g/mol. The number of aromatic nitrogens is 3. The van der Waals surface area contributed by atoms with Gasteiger partial charge in [0.2, 0.25) is 5.91 Å². The summed E-state index contributed by atoms with van der Waals surface area (Å²) in [5, 5.41) is 11.5. The summed E-state index contributed by atoms with van der Waals surface area (Å²) in [6.45, 7) is 1.13. The standard InChI is InChI=1S/C7H11N5O2/c13-6(4-1-2-8-4)9-3-5-10-7(14)12-11-5/h4,8H,1-3H2,(H,9,13)(H2,10,11,12,14)/t4-/m1/s1. The van der Waals surface area contributed by atoms with Gasteiger partial charge in [0.15, 0.2) is 0 Å². The molecule has 0 radical (unpaired) electrons. The molecule has 0 aliphatic carbocycles. The minimum atomic E-state index is -0.365. The van der Waals surface area contributed by atoms with Crippen LogP contribution in [0.1, 0.15) is 12.2 Å². The van der Waals surface area contributed by atoms with Crippen molar-refractivity contribution in [2.75, 3.05) is 6.54 Å². The zero-order valence-corrected chi connectivity index (χ0v) is 7.46. The molecule has 0 spiro atoms. The lowest BCUT2D eigenvalue weighted by atomic mass is 10.1. The third-order valence-corrected chi connectivity index (χ3v) is 2.12. The molecule has 2 rings (SSSR count). The Hall–Kier alpha value is -1.63. The van der Waals surface area contributed by atoms with Crippen molar-refractivity contribution in [1.29, 1.82) is 0 Å². The summed E-state index contributed by atoms with van der Waals surface area (Å²) in [7, 11) is 0. The van der Waals surface area contributed by atoms with Crippen molar-refractivity contribution in [3.63, 3.8) is 0 Å². The van der Waals surface area contributed by atoms with Crippen LogP contribution in [0, 0.1) is 0 Å². The molecule has 0 unspecified atom stereocenters. The molecule has 0 bridgehead atoms. The maximum atomic E-state index is 11.3. The van der Waals surface area contributed by atoms with Gasteiger partial charge in [-0.15, -0.1) is 0 Å². The summed E-state index contributed by atoms with van der Waals surface area (Å²) >= 11 is 0. The van der Waals surface area contributed by atoms with Crippen LogP contribution in [-0.4, -0.2) is 33.7 Å². The maximum absolute atomic E-state index is 11.3. The van der Waals surface area contributed by atoms with Crippen LogP contribution in [0.15, 0.2) is 4.79 Å². The average Bonchev–Trinajstić information content (AvgIpc) is 2.45. The maximum Gasteiger partial charge on any atom is 0.340 e. The van der Waals surface area contributed by atoms with Crippen molar-refractivity contribution in [2.24, 2.45) is 0 Å². The van der Waals surface area contributed by atoms with Gasteiger partial charge in [0, 0.05) is 0 Å². The van der Waals surface area contributed by atoms with Crippen LogP contribution in [0.4, 0.5) is 0 Å². The molecule has 0 saturated carbocycles. The molecule has 1 aromatic heterocycles. The summed E-state index contributed by atoms with van der Waals surface area (Å²) < 4.78 is 0. The number of H-pyrrole nitrogens is 2. The number of hydrogen-bond donors (Lipinski definition) is 4. The molecule has 1 aromatic rings. The van der Waals surface area contributed by atoms with E-state index in [9.17, 15) is 9.59 Å². The van der Waals surface area contributed by atoms with E-state index in [1.807, 2.05) is 0 Å². The third kappa shape index (κ3) is 1.82. The van der Waals surface area contributed by atoms with Gasteiger partial charge in [-0.25, -0.2) is 9.89 Å². The van der Waals surface area contributed by atoms with Crippen molar-refractivity contribution < 1.29 is 4.79 Å². The second-order valence-corrected chi connectivity index (χ2v) is 3.14. The molecule has 76 valence electrons. The predicted molar refractivity (Wildman–Crippen MR) is 47.5 cm³/mol. The van der Waals surface area contributed by atoms with Crippen molar-refractivity contribution in [1.82, 2.24) is 25.8 Å². The molecule has 1 fully saturated rings. The molecule has 0 aromatic carbocycles. The number of nitrogens with zero attached hydrogens (tertiary/aromatic N) is 1. The Morgan fingerprint density at radius 3 is 2.93 bits per heavy atom. The Kier molecular flexibility index (Phi) is 2.32. The van der Waals surface area contributed by atoms with Crippen molar-refractivity contribution in [3.05, 3.63) is 16.3 Å². The number of carbonyl (C=O) groups is 1. The summed E-state index contributed by atoms with van der Waals surface area (Å²) in [5.74, 6) is 0.378. The number of nitrogens with one attached hydrogen (secondary N) is 4. The molecule has 1 atom stereocenters. The lowest BCUT2D eigenvalue weighted by Gasteiger charge is -2.25. The van der Waals surface area contributed by atoms with E-state index in [0.717, 1.165) is 13.0 Å². The van der Waals surface area contributed by atoms with Crippen LogP contribution >= 0.6 is 0 Å². The first kappa shape index (κ1) is 8.95. The quantitative estimate of drug-likeness (QED) is 0.453. The van der Waals surface area contributed by atoms with E-state index in [4.69, 9.17) is 0 Å². The second kappa shape index (κ2) is 3.62. The van der Waals surface area contributed by atoms with Crippen LogP contribution in [0.2, 0.25) is 0 Å². The number of hydrogen-bond acceptors (Lipinski definition) is 4. The summed E-state index contributed by atoms with van der Waals surface area (Å²) in [6.07, 6.45) is 0.864. The van der Waals surface area contributed by atoms with Gasteiger partial charge in [0.1, 0.15) is 5.82 Å². The average molecular weight is 197 g/mol. The highest BCUT2D eigenvalue weighted by molar-refractivity contribution is 5.82. The Bertz CT molecular complexity index is 377. The number of carbonyl (C=O) groups excluding carboxylic acids is 1. The Labute approximate surface area is 79.3 Å². The van der Waals surface area contributed by atoms with E-state index in [-0.39, 0.29) is 24.2 Å². The van der Waals surface area contributed by atoms with Gasteiger partial charge >= 0.3 is 5.69 Å². The van der Waals surface area contributed by atoms with Gasteiger partial charge in [-0.3, -0.25) is 9.78 Å². The summed E-state index contributed by atoms with van der Waals surface area (Å²) in [5.41, 5.74) is -0.365. The monoisotopic (exact) mass is 197 g/mol. The van der Waals surface area contributed by atoms with Crippen LogP contribution in [-0.2, 0) is 11.3 Å². The van der Waals surface area contributed by atoms with Crippen LogP contribution in [0.5, 0.6) is 0 Å². The first-order chi connectivity index (χ1) is 6.75. The molecule has 14 heavy (non-hydrogen) atoms. The number of rotatable bonds is 3. The highest BCUT2D eigenvalue weighted by Gasteiger charge is 2.23. The van der Waals surface area contributed by atoms with Gasteiger partial charge in [0.05, 0.1) is 12.6 Å². The van der Waals surface area contributed by atoms with Gasteiger partial charge in [-0.2, -0.15) is 5.10 Å². The fourth-order valence-electron chi connectivity index (χ4n) is 1.20. The zero-order valence-electron chi connectivity index (χ0n) is 7.46. The third-order valence-electron chi connectivity index (χ3n) is 2.12. The Morgan fingerprint density at radius 2 is 2.43 bits per heavy atom. The van der Waals surface area contributed by atoms with E-state index >= 15 is 0 Å². The first-order valence-electron chi connectivity index (χ1n) is 4.40. The van der Waals surface area contributed by atoms with Crippen molar-refractivity contribution in [2.45, 2.75) is 19.0 Å². The molecule has 2 heterocycles. The minimum absolute atomic E-state index is 0.0555. The van der Waals surface area contributed by atoms with Gasteiger partial charge in [-0.1, -0.05) is 0 Å². The normalized spacial score (nSPS) is 20.1.